The van der Waals surface area contributed by atoms with E-state index in [-0.39, 0.29) is 0 Å². The van der Waals surface area contributed by atoms with E-state index in [0.29, 0.717) is 0 Å². The summed E-state index contributed by atoms with van der Waals surface area (Å²) in [5.41, 5.74) is 5.64. The van der Waals surface area contributed by atoms with E-state index in [1.807, 2.05) is 0 Å². The van der Waals surface area contributed by atoms with Gasteiger partial charge in [0.2, 0.25) is 0 Å². The summed E-state index contributed by atoms with van der Waals surface area (Å²) >= 11 is 0. The Morgan fingerprint density at radius 2 is 1.25 bits per heavy atom. The van der Waals surface area contributed by atoms with E-state index in [2.05, 4.69) is 24.8 Å². The smallest absolute Gasteiger partial charge is 0.0679 e. The maximum absolute atomic E-state index is 5.04. The highest BCUT2D eigenvalue weighted by Crippen LogP contribution is 1.75. The van der Waals surface area contributed by atoms with Gasteiger partial charge in [0.15, 0.2) is 0 Å². The molecule has 0 bridgehead atoms. The fraction of sp³-hybridized carbons (Fsp3) is 1.00. The summed E-state index contributed by atoms with van der Waals surface area (Å²) in [7, 11) is 0. The van der Waals surface area contributed by atoms with Gasteiger partial charge in [-0.05, 0) is 12.8 Å². The third-order valence-corrected chi connectivity index (χ3v) is 1.15. The van der Waals surface area contributed by atoms with Gasteiger partial charge < -0.3 is 9.68 Å². The molecule has 0 atom stereocenters. The second-order valence-corrected chi connectivity index (χ2v) is 2.49. The highest BCUT2D eigenvalue weighted by molar-refractivity contribution is 4.35. The Hall–Kier alpha value is -0.160. The van der Waals surface area contributed by atoms with Gasteiger partial charge >= 0.3 is 0 Å². The molecule has 0 aromatic carbocycles. The first-order chi connectivity index (χ1) is 5.91. The molecule has 0 aliphatic rings. The number of hydroxylamine groups is 2. The molecule has 0 aliphatic carbocycles. The van der Waals surface area contributed by atoms with Gasteiger partial charge in [0.25, 0.3) is 0 Å². The van der Waals surface area contributed by atoms with Crippen molar-refractivity contribution in [1.82, 2.24) is 11.0 Å². The molecule has 0 aromatic rings. The normalized spacial score (nSPS) is 10.5. The zero-order valence-corrected chi connectivity index (χ0v) is 8.06. The molecule has 0 saturated carbocycles. The van der Waals surface area contributed by atoms with E-state index in [1.165, 1.54) is 0 Å². The van der Waals surface area contributed by atoms with E-state index >= 15 is 0 Å². The van der Waals surface area contributed by atoms with E-state index in [1.54, 1.807) is 0 Å². The summed E-state index contributed by atoms with van der Waals surface area (Å²) in [6, 6.07) is 0. The van der Waals surface area contributed by atoms with E-state index < -0.39 is 0 Å². The highest BCUT2D eigenvalue weighted by Gasteiger charge is 1.86. The lowest BCUT2D eigenvalue weighted by Gasteiger charge is -2.05. The molecule has 0 rings (SSSR count). The van der Waals surface area contributed by atoms with Gasteiger partial charge in [-0.25, -0.2) is 11.0 Å². The van der Waals surface area contributed by atoms with Crippen LogP contribution in [-0.2, 0) is 9.68 Å². The number of hydrogen-bond acceptors (Lipinski definition) is 4. The largest absolute Gasteiger partial charge is 0.302 e. The topological polar surface area (TPSA) is 42.5 Å². The fourth-order valence-electron chi connectivity index (χ4n) is 0.595. The molecular weight excluding hydrogens is 156 g/mol. The average molecular weight is 176 g/mol. The fourth-order valence-corrected chi connectivity index (χ4v) is 0.595. The van der Waals surface area contributed by atoms with Crippen molar-refractivity contribution in [2.75, 3.05) is 26.3 Å². The summed E-state index contributed by atoms with van der Waals surface area (Å²) in [5.74, 6) is 0. The van der Waals surface area contributed by atoms with Crippen molar-refractivity contribution in [3.05, 3.63) is 0 Å². The maximum atomic E-state index is 5.04. The molecule has 12 heavy (non-hydrogen) atoms. The summed E-state index contributed by atoms with van der Waals surface area (Å²) in [5, 5.41) is 0. The third-order valence-electron chi connectivity index (χ3n) is 1.15. The summed E-state index contributed by atoms with van der Waals surface area (Å²) < 4.78 is 0. The predicted molar refractivity (Wildman–Crippen MR) is 48.5 cm³/mol. The summed E-state index contributed by atoms with van der Waals surface area (Å²) in [6.45, 7) is 7.20. The molecule has 0 spiro atoms. The van der Waals surface area contributed by atoms with Crippen molar-refractivity contribution in [3.63, 3.8) is 0 Å². The quantitative estimate of drug-likeness (QED) is 0.404. The van der Waals surface area contributed by atoms with Crippen LogP contribution in [0, 0.1) is 0 Å². The Morgan fingerprint density at radius 3 is 1.58 bits per heavy atom. The van der Waals surface area contributed by atoms with E-state index in [0.717, 1.165) is 39.1 Å². The van der Waals surface area contributed by atoms with Crippen molar-refractivity contribution in [2.24, 2.45) is 0 Å². The first kappa shape index (κ1) is 11.8. The lowest BCUT2D eigenvalue weighted by Crippen LogP contribution is -2.28. The predicted octanol–water partition coefficient (Wildman–Crippen LogP) is 0.849. The Morgan fingerprint density at radius 1 is 0.833 bits per heavy atom. The van der Waals surface area contributed by atoms with Crippen LogP contribution in [0.1, 0.15) is 26.7 Å². The van der Waals surface area contributed by atoms with Gasteiger partial charge in [-0.1, -0.05) is 13.8 Å². The molecule has 0 amide bonds. The molecule has 0 radical (unpaired) electrons. The van der Waals surface area contributed by atoms with Crippen LogP contribution in [0.4, 0.5) is 0 Å². The Balaban J connectivity index is 2.73. The van der Waals surface area contributed by atoms with Gasteiger partial charge in [-0.2, -0.15) is 0 Å². The van der Waals surface area contributed by atoms with Gasteiger partial charge in [-0.15, -0.1) is 0 Å². The van der Waals surface area contributed by atoms with Gasteiger partial charge in [-0.3, -0.25) is 0 Å². The Kier molecular flexibility index (Phi) is 10.7. The molecule has 74 valence electrons. The second kappa shape index (κ2) is 10.8. The van der Waals surface area contributed by atoms with Crippen molar-refractivity contribution in [3.8, 4) is 0 Å². The minimum absolute atomic E-state index is 0.760. The standard InChI is InChI=1S/C8H20N2O2/c1-3-7-11-9-5-6-10-12-8-4-2/h9-10H,3-8H2,1-2H3. The number of hydrogen-bond donors (Lipinski definition) is 2. The molecule has 0 aliphatic heterocycles. The maximum Gasteiger partial charge on any atom is 0.0679 e. The number of rotatable bonds is 9. The van der Waals surface area contributed by atoms with Crippen molar-refractivity contribution in [1.29, 1.82) is 0 Å². The van der Waals surface area contributed by atoms with Gasteiger partial charge in [0.05, 0.1) is 13.2 Å². The third kappa shape index (κ3) is 9.84. The monoisotopic (exact) mass is 176 g/mol. The molecule has 4 nitrogen and oxygen atoms in total. The number of nitrogens with one attached hydrogen (secondary N) is 2. The molecule has 0 fully saturated rings. The summed E-state index contributed by atoms with van der Waals surface area (Å²) in [4.78, 5) is 10.1. The first-order valence-electron chi connectivity index (χ1n) is 4.61. The first-order valence-corrected chi connectivity index (χ1v) is 4.61. The SMILES string of the molecule is CCCONCCNOCCC. The van der Waals surface area contributed by atoms with Crippen LogP contribution in [0.15, 0.2) is 0 Å². The van der Waals surface area contributed by atoms with Crippen LogP contribution < -0.4 is 11.0 Å². The zero-order valence-electron chi connectivity index (χ0n) is 8.06. The van der Waals surface area contributed by atoms with Crippen molar-refractivity contribution < 1.29 is 9.68 Å². The highest BCUT2D eigenvalue weighted by atomic mass is 16.7. The van der Waals surface area contributed by atoms with Crippen LogP contribution in [-0.4, -0.2) is 26.3 Å². The minimum atomic E-state index is 0.760. The summed E-state index contributed by atoms with van der Waals surface area (Å²) in [6.07, 6.45) is 2.07. The Bertz CT molecular complexity index is 71.5. The van der Waals surface area contributed by atoms with Gasteiger partial charge in [0, 0.05) is 13.1 Å². The minimum Gasteiger partial charge on any atom is -0.302 e. The van der Waals surface area contributed by atoms with Crippen LogP contribution >= 0.6 is 0 Å². The lowest BCUT2D eigenvalue weighted by atomic mass is 10.5. The van der Waals surface area contributed by atoms with Crippen LogP contribution in [0.5, 0.6) is 0 Å². The van der Waals surface area contributed by atoms with E-state index in [4.69, 9.17) is 9.68 Å². The average Bonchev–Trinajstić information content (AvgIpc) is 2.10. The molecule has 4 heteroatoms. The lowest BCUT2D eigenvalue weighted by molar-refractivity contribution is 0.0131. The van der Waals surface area contributed by atoms with Crippen molar-refractivity contribution >= 4 is 0 Å². The van der Waals surface area contributed by atoms with Gasteiger partial charge in [0.1, 0.15) is 0 Å². The van der Waals surface area contributed by atoms with Crippen molar-refractivity contribution in [2.45, 2.75) is 26.7 Å². The molecular formula is C8H20N2O2. The Labute approximate surface area is 74.5 Å². The van der Waals surface area contributed by atoms with Crippen LogP contribution in [0.2, 0.25) is 0 Å². The molecule has 0 heterocycles. The zero-order chi connectivity index (χ0) is 9.07. The second-order valence-electron chi connectivity index (χ2n) is 2.49. The van der Waals surface area contributed by atoms with Crippen LogP contribution in [0.25, 0.3) is 0 Å². The molecule has 0 saturated heterocycles. The molecule has 0 unspecified atom stereocenters. The van der Waals surface area contributed by atoms with Crippen LogP contribution in [0.3, 0.4) is 0 Å². The molecule has 2 N–H and O–H groups in total. The molecule has 0 aromatic heterocycles. The van der Waals surface area contributed by atoms with E-state index in [9.17, 15) is 0 Å².